The molecular formula is C11H13NO2. The van der Waals surface area contributed by atoms with Gasteiger partial charge in [0.1, 0.15) is 0 Å². The molecule has 3 heteroatoms. The Kier molecular flexibility index (Phi) is 1.67. The van der Waals surface area contributed by atoms with Crippen molar-refractivity contribution in [3.05, 3.63) is 23.8 Å². The van der Waals surface area contributed by atoms with E-state index in [1.54, 1.807) is 0 Å². The smallest absolute Gasteiger partial charge is 0.231 e. The minimum absolute atomic E-state index is 0.354. The fraction of sp³-hybridized carbons (Fsp3) is 0.455. The molecule has 1 saturated heterocycles. The number of nitrogens with one attached hydrogen (secondary N) is 1. The summed E-state index contributed by atoms with van der Waals surface area (Å²) in [6, 6.07) is 6.67. The molecule has 0 aromatic heterocycles. The van der Waals surface area contributed by atoms with Crippen LogP contribution >= 0.6 is 0 Å². The molecule has 0 bridgehead atoms. The Hall–Kier alpha value is -1.22. The largest absolute Gasteiger partial charge is 0.454 e. The molecule has 0 spiro atoms. The molecule has 2 aliphatic heterocycles. The molecule has 2 unspecified atom stereocenters. The van der Waals surface area contributed by atoms with E-state index >= 15 is 0 Å². The number of benzene rings is 1. The third-order valence-corrected chi connectivity index (χ3v) is 2.98. The number of ether oxygens (including phenoxy) is 2. The molecule has 74 valence electrons. The summed E-state index contributed by atoms with van der Waals surface area (Å²) in [6.45, 7) is 3.72. The summed E-state index contributed by atoms with van der Waals surface area (Å²) in [5.74, 6) is 2.46. The van der Waals surface area contributed by atoms with Gasteiger partial charge in [-0.2, -0.15) is 0 Å². The number of rotatable bonds is 1. The van der Waals surface area contributed by atoms with Crippen molar-refractivity contribution in [3.8, 4) is 11.5 Å². The van der Waals surface area contributed by atoms with Crippen LogP contribution in [0.2, 0.25) is 0 Å². The van der Waals surface area contributed by atoms with Crippen LogP contribution in [0, 0.1) is 5.92 Å². The lowest BCUT2D eigenvalue weighted by atomic mass is 9.87. The maximum Gasteiger partial charge on any atom is 0.231 e. The first kappa shape index (κ1) is 8.12. The van der Waals surface area contributed by atoms with Gasteiger partial charge >= 0.3 is 0 Å². The zero-order valence-electron chi connectivity index (χ0n) is 8.12. The topological polar surface area (TPSA) is 30.5 Å². The molecule has 1 aromatic rings. The second kappa shape index (κ2) is 2.89. The summed E-state index contributed by atoms with van der Waals surface area (Å²) in [5, 5.41) is 3.41. The van der Waals surface area contributed by atoms with Gasteiger partial charge in [-0.05, 0) is 23.6 Å². The Morgan fingerprint density at radius 2 is 2.14 bits per heavy atom. The van der Waals surface area contributed by atoms with Crippen LogP contribution in [-0.2, 0) is 0 Å². The fourth-order valence-corrected chi connectivity index (χ4v) is 2.02. The Bertz CT molecular complexity index is 364. The highest BCUT2D eigenvalue weighted by atomic mass is 16.7. The summed E-state index contributed by atoms with van der Waals surface area (Å²) in [5.41, 5.74) is 1.30. The second-order valence-electron chi connectivity index (χ2n) is 3.98. The van der Waals surface area contributed by atoms with E-state index in [-0.39, 0.29) is 0 Å². The van der Waals surface area contributed by atoms with Crippen LogP contribution in [0.4, 0.5) is 0 Å². The van der Waals surface area contributed by atoms with Gasteiger partial charge < -0.3 is 14.8 Å². The Morgan fingerprint density at radius 1 is 1.29 bits per heavy atom. The van der Waals surface area contributed by atoms with E-state index in [4.69, 9.17) is 9.47 Å². The lowest BCUT2D eigenvalue weighted by Gasteiger charge is -2.36. The van der Waals surface area contributed by atoms with Crippen LogP contribution in [0.3, 0.4) is 0 Å². The van der Waals surface area contributed by atoms with Gasteiger partial charge in [-0.25, -0.2) is 0 Å². The molecule has 1 aromatic carbocycles. The fourth-order valence-electron chi connectivity index (χ4n) is 2.02. The monoisotopic (exact) mass is 191 g/mol. The first-order chi connectivity index (χ1) is 6.84. The van der Waals surface area contributed by atoms with Crippen molar-refractivity contribution in [2.45, 2.75) is 13.0 Å². The van der Waals surface area contributed by atoms with E-state index in [9.17, 15) is 0 Å². The minimum atomic E-state index is 0.354. The number of fused-ring (bicyclic) bond motifs is 1. The molecule has 3 nitrogen and oxygen atoms in total. The minimum Gasteiger partial charge on any atom is -0.454 e. The van der Waals surface area contributed by atoms with Crippen LogP contribution in [0.25, 0.3) is 0 Å². The summed E-state index contributed by atoms with van der Waals surface area (Å²) < 4.78 is 10.6. The predicted molar refractivity (Wildman–Crippen MR) is 52.5 cm³/mol. The maximum atomic E-state index is 5.34. The van der Waals surface area contributed by atoms with Crippen molar-refractivity contribution in [3.63, 3.8) is 0 Å². The molecule has 0 radical (unpaired) electrons. The van der Waals surface area contributed by atoms with Gasteiger partial charge in [0.2, 0.25) is 6.79 Å². The molecule has 0 saturated carbocycles. The van der Waals surface area contributed by atoms with Crippen molar-refractivity contribution in [2.75, 3.05) is 13.3 Å². The summed E-state index contributed by atoms with van der Waals surface area (Å²) in [7, 11) is 0. The lowest BCUT2D eigenvalue weighted by molar-refractivity contribution is 0.173. The molecular weight excluding hydrogens is 178 g/mol. The average molecular weight is 191 g/mol. The molecule has 2 heterocycles. The molecule has 0 amide bonds. The Labute approximate surface area is 83.0 Å². The Balaban J connectivity index is 1.92. The van der Waals surface area contributed by atoms with E-state index in [1.807, 2.05) is 6.07 Å². The summed E-state index contributed by atoms with van der Waals surface area (Å²) >= 11 is 0. The van der Waals surface area contributed by atoms with Crippen molar-refractivity contribution in [1.29, 1.82) is 0 Å². The molecule has 0 aliphatic carbocycles. The summed E-state index contributed by atoms with van der Waals surface area (Å²) in [6.07, 6.45) is 0. The van der Waals surface area contributed by atoms with Gasteiger partial charge in [0.05, 0.1) is 0 Å². The molecule has 2 atom stereocenters. The van der Waals surface area contributed by atoms with Crippen molar-refractivity contribution >= 4 is 0 Å². The van der Waals surface area contributed by atoms with Crippen molar-refractivity contribution in [1.82, 2.24) is 5.32 Å². The molecule has 2 aliphatic rings. The van der Waals surface area contributed by atoms with Crippen LogP contribution in [-0.4, -0.2) is 13.3 Å². The standard InChI is InChI=1S/C11H13NO2/c1-7-5-12-11(7)8-2-3-9-10(4-8)14-6-13-9/h2-4,7,11-12H,5-6H2,1H3. The Morgan fingerprint density at radius 3 is 2.86 bits per heavy atom. The van der Waals surface area contributed by atoms with E-state index in [1.165, 1.54) is 5.56 Å². The van der Waals surface area contributed by atoms with E-state index in [0.717, 1.165) is 24.0 Å². The first-order valence-electron chi connectivity index (χ1n) is 4.97. The molecule has 3 rings (SSSR count). The number of hydrogen-bond acceptors (Lipinski definition) is 3. The van der Waals surface area contributed by atoms with Gasteiger partial charge in [0.25, 0.3) is 0 Å². The van der Waals surface area contributed by atoms with Gasteiger partial charge in [0.15, 0.2) is 11.5 Å². The highest BCUT2D eigenvalue weighted by Crippen LogP contribution is 2.37. The van der Waals surface area contributed by atoms with Crippen LogP contribution in [0.5, 0.6) is 11.5 Å². The van der Waals surface area contributed by atoms with Crippen LogP contribution < -0.4 is 14.8 Å². The van der Waals surface area contributed by atoms with Gasteiger partial charge in [0, 0.05) is 12.6 Å². The highest BCUT2D eigenvalue weighted by molar-refractivity contribution is 5.45. The third-order valence-electron chi connectivity index (χ3n) is 2.98. The third kappa shape index (κ3) is 1.09. The van der Waals surface area contributed by atoms with E-state index in [2.05, 4.69) is 24.4 Å². The normalized spacial score (nSPS) is 28.6. The van der Waals surface area contributed by atoms with Crippen LogP contribution in [0.15, 0.2) is 18.2 Å². The SMILES string of the molecule is CC1CNC1c1ccc2c(c1)OCO2. The predicted octanol–water partition coefficient (Wildman–Crippen LogP) is 1.70. The zero-order chi connectivity index (χ0) is 9.54. The molecule has 1 fully saturated rings. The second-order valence-corrected chi connectivity index (χ2v) is 3.98. The summed E-state index contributed by atoms with van der Waals surface area (Å²) in [4.78, 5) is 0. The van der Waals surface area contributed by atoms with Gasteiger partial charge in [-0.1, -0.05) is 13.0 Å². The lowest BCUT2D eigenvalue weighted by Crippen LogP contribution is -2.43. The van der Waals surface area contributed by atoms with Crippen molar-refractivity contribution < 1.29 is 9.47 Å². The average Bonchev–Trinajstić information content (AvgIpc) is 2.62. The first-order valence-corrected chi connectivity index (χ1v) is 4.97. The van der Waals surface area contributed by atoms with Crippen LogP contribution in [0.1, 0.15) is 18.5 Å². The van der Waals surface area contributed by atoms with Gasteiger partial charge in [-0.15, -0.1) is 0 Å². The van der Waals surface area contributed by atoms with Gasteiger partial charge in [-0.3, -0.25) is 0 Å². The van der Waals surface area contributed by atoms with E-state index < -0.39 is 0 Å². The van der Waals surface area contributed by atoms with Crippen molar-refractivity contribution in [2.24, 2.45) is 5.92 Å². The maximum absolute atomic E-state index is 5.34. The zero-order valence-corrected chi connectivity index (χ0v) is 8.12. The quantitative estimate of drug-likeness (QED) is 0.732. The molecule has 14 heavy (non-hydrogen) atoms. The highest BCUT2D eigenvalue weighted by Gasteiger charge is 2.28. The number of hydrogen-bond donors (Lipinski definition) is 1. The molecule has 1 N–H and O–H groups in total. The van der Waals surface area contributed by atoms with E-state index in [0.29, 0.717) is 12.8 Å².